The van der Waals surface area contributed by atoms with Crippen molar-refractivity contribution in [3.05, 3.63) is 12.7 Å². The van der Waals surface area contributed by atoms with Crippen molar-refractivity contribution in [2.75, 3.05) is 26.2 Å². The number of piperidine rings is 2. The molecule has 8 amide bonds. The van der Waals surface area contributed by atoms with Crippen LogP contribution in [-0.4, -0.2) is 102 Å². The Bertz CT molecular complexity index is 1450. The van der Waals surface area contributed by atoms with E-state index in [0.717, 1.165) is 38.5 Å². The number of likely N-dealkylation sites (tertiary alicyclic amines) is 2. The molecular formula is C40H65N7O7. The molecule has 0 aromatic carbocycles. The molecular weight excluding hydrogens is 690 g/mol. The third-order valence-corrected chi connectivity index (χ3v) is 12.5. The second-order valence-corrected chi connectivity index (χ2v) is 17.9. The van der Waals surface area contributed by atoms with Crippen LogP contribution in [0.2, 0.25) is 0 Å². The molecule has 2 aliphatic carbocycles. The highest BCUT2D eigenvalue weighted by Gasteiger charge is 2.70. The van der Waals surface area contributed by atoms with Crippen LogP contribution in [0.3, 0.4) is 0 Å². The first-order valence-corrected chi connectivity index (χ1v) is 20.0. The summed E-state index contributed by atoms with van der Waals surface area (Å²) in [5.41, 5.74) is -1.29. The number of imide groups is 1. The number of Topliss-reactive ketones (excluding diaryl/α,β-unsaturated/α-hetero) is 1. The lowest BCUT2D eigenvalue weighted by Gasteiger charge is -2.43. The summed E-state index contributed by atoms with van der Waals surface area (Å²) < 4.78 is 0. The standard InChI is InChI=1S/C40H65N7O7/c1-9-11-17-26(31(49)34(51)41-21-10-2)42-33(50)30-29-25(39(29,6)7)23-47(30)35(52)32(40(8)19-14-12-15-20-40)44-37(54)45-36(53)43-27(38(3,4)5)24-46-22-16-13-18-28(46)48/h10,25-27,29-30,32H,2,9,11-24H2,1,3-8H3,(H,41,51)(H,42,50)(H3,43,44,45,53,54)/t25-,26?,27+,29-,30-,32+/m0/s1. The first-order valence-electron chi connectivity index (χ1n) is 20.0. The monoisotopic (exact) mass is 755 g/mol. The highest BCUT2D eigenvalue weighted by Crippen LogP contribution is 2.65. The summed E-state index contributed by atoms with van der Waals surface area (Å²) in [6.07, 6.45) is 9.38. The fraction of sp³-hybridized carbons (Fsp3) is 0.775. The van der Waals surface area contributed by atoms with Gasteiger partial charge in [0.1, 0.15) is 12.1 Å². The molecule has 54 heavy (non-hydrogen) atoms. The molecule has 14 heteroatoms. The number of hydrogen-bond donors (Lipinski definition) is 5. The van der Waals surface area contributed by atoms with Gasteiger partial charge in [0.05, 0.1) is 12.1 Å². The number of fused-ring (bicyclic) bond motifs is 1. The Morgan fingerprint density at radius 2 is 1.61 bits per heavy atom. The second-order valence-electron chi connectivity index (χ2n) is 17.9. The highest BCUT2D eigenvalue weighted by molar-refractivity contribution is 6.38. The van der Waals surface area contributed by atoms with Crippen molar-refractivity contribution in [3.63, 3.8) is 0 Å². The van der Waals surface area contributed by atoms with E-state index < -0.39 is 70.6 Å². The summed E-state index contributed by atoms with van der Waals surface area (Å²) in [6, 6.07) is -5.01. The molecule has 0 bridgehead atoms. The number of unbranched alkanes of at least 4 members (excludes halogenated alkanes) is 1. The second kappa shape index (κ2) is 17.7. The molecule has 2 saturated carbocycles. The molecule has 6 atom stereocenters. The minimum absolute atomic E-state index is 0.0402. The van der Waals surface area contributed by atoms with E-state index in [1.165, 1.54) is 6.08 Å². The van der Waals surface area contributed by atoms with Gasteiger partial charge >= 0.3 is 12.1 Å². The zero-order valence-electron chi connectivity index (χ0n) is 33.6. The van der Waals surface area contributed by atoms with E-state index in [0.29, 0.717) is 45.3 Å². The van der Waals surface area contributed by atoms with Crippen LogP contribution in [0.1, 0.15) is 119 Å². The molecule has 4 rings (SSSR count). The quantitative estimate of drug-likeness (QED) is 0.124. The Hall–Kier alpha value is -3.97. The third kappa shape index (κ3) is 10.0. The maximum absolute atomic E-state index is 14.8. The minimum atomic E-state index is -1.06. The largest absolute Gasteiger partial charge is 0.346 e. The number of carbonyl (C=O) groups is 7. The summed E-state index contributed by atoms with van der Waals surface area (Å²) in [6.45, 7) is 18.8. The maximum atomic E-state index is 14.8. The lowest BCUT2D eigenvalue weighted by atomic mass is 9.70. The first kappa shape index (κ1) is 42.8. The van der Waals surface area contributed by atoms with Gasteiger partial charge in [-0.05, 0) is 60.2 Å². The van der Waals surface area contributed by atoms with E-state index in [9.17, 15) is 33.6 Å². The Balaban J connectivity index is 1.53. The molecule has 0 spiro atoms. The molecule has 4 fully saturated rings. The number of urea groups is 2. The van der Waals surface area contributed by atoms with Crippen molar-refractivity contribution >= 4 is 41.5 Å². The van der Waals surface area contributed by atoms with Crippen LogP contribution in [0.25, 0.3) is 0 Å². The average Bonchev–Trinajstić information content (AvgIpc) is 3.41. The van der Waals surface area contributed by atoms with Crippen molar-refractivity contribution in [1.29, 1.82) is 0 Å². The van der Waals surface area contributed by atoms with Gasteiger partial charge in [0.25, 0.3) is 5.91 Å². The predicted octanol–water partition coefficient (Wildman–Crippen LogP) is 3.79. The van der Waals surface area contributed by atoms with E-state index >= 15 is 0 Å². The van der Waals surface area contributed by atoms with Crippen LogP contribution in [0, 0.1) is 28.1 Å². The Kier molecular flexibility index (Phi) is 14.0. The summed E-state index contributed by atoms with van der Waals surface area (Å²) in [7, 11) is 0. The molecule has 2 heterocycles. The SMILES string of the molecule is C=CCNC(=O)C(=O)C(CCCC)NC(=O)[C@@H]1[C@@H]2[C@H](CN1C(=O)[C@@H](NC(=O)NC(=O)N[C@H](CN1CCCCC1=O)C(C)(C)C)C1(C)CCCCC1)C2(C)C. The van der Waals surface area contributed by atoms with E-state index in [-0.39, 0.29) is 36.1 Å². The van der Waals surface area contributed by atoms with E-state index in [2.05, 4.69) is 47.0 Å². The average molecular weight is 756 g/mol. The third-order valence-electron chi connectivity index (χ3n) is 12.5. The number of hydrogen-bond acceptors (Lipinski definition) is 7. The Morgan fingerprint density at radius 1 is 0.944 bits per heavy atom. The van der Waals surface area contributed by atoms with Gasteiger partial charge in [-0.3, -0.25) is 29.3 Å². The van der Waals surface area contributed by atoms with Gasteiger partial charge in [-0.15, -0.1) is 6.58 Å². The van der Waals surface area contributed by atoms with Gasteiger partial charge in [0.2, 0.25) is 23.5 Å². The number of rotatable bonds is 15. The summed E-state index contributed by atoms with van der Waals surface area (Å²) >= 11 is 0. The van der Waals surface area contributed by atoms with Crippen LogP contribution in [0.5, 0.6) is 0 Å². The van der Waals surface area contributed by atoms with Gasteiger partial charge in [-0.2, -0.15) is 0 Å². The van der Waals surface area contributed by atoms with Crippen molar-refractivity contribution in [3.8, 4) is 0 Å². The first-order chi connectivity index (χ1) is 25.3. The van der Waals surface area contributed by atoms with Crippen LogP contribution in [0.4, 0.5) is 9.59 Å². The van der Waals surface area contributed by atoms with Crippen molar-refractivity contribution < 1.29 is 33.6 Å². The molecule has 0 aromatic heterocycles. The molecule has 2 saturated heterocycles. The normalized spacial score (nSPS) is 24.6. The van der Waals surface area contributed by atoms with E-state index in [4.69, 9.17) is 0 Å². The van der Waals surface area contributed by atoms with Gasteiger partial charge in [0, 0.05) is 32.6 Å². The fourth-order valence-corrected chi connectivity index (χ4v) is 8.78. The van der Waals surface area contributed by atoms with Gasteiger partial charge in [-0.25, -0.2) is 9.59 Å². The molecule has 14 nitrogen and oxygen atoms in total. The van der Waals surface area contributed by atoms with Crippen molar-refractivity contribution in [2.45, 2.75) is 143 Å². The highest BCUT2D eigenvalue weighted by atomic mass is 16.2. The van der Waals surface area contributed by atoms with Crippen molar-refractivity contribution in [2.24, 2.45) is 28.1 Å². The van der Waals surface area contributed by atoms with Gasteiger partial charge < -0.3 is 31.1 Å². The summed E-state index contributed by atoms with van der Waals surface area (Å²) in [5, 5.41) is 13.5. The number of ketones is 1. The van der Waals surface area contributed by atoms with Crippen LogP contribution in [0.15, 0.2) is 12.7 Å². The zero-order valence-corrected chi connectivity index (χ0v) is 33.6. The lowest BCUT2D eigenvalue weighted by molar-refractivity contribution is -0.146. The molecule has 0 aromatic rings. The molecule has 4 aliphatic rings. The van der Waals surface area contributed by atoms with Crippen molar-refractivity contribution in [1.82, 2.24) is 36.4 Å². The van der Waals surface area contributed by atoms with Crippen LogP contribution >= 0.6 is 0 Å². The van der Waals surface area contributed by atoms with Crippen LogP contribution < -0.4 is 26.6 Å². The Morgan fingerprint density at radius 3 is 2.22 bits per heavy atom. The van der Waals surface area contributed by atoms with Crippen LogP contribution in [-0.2, 0) is 24.0 Å². The predicted molar refractivity (Wildman–Crippen MR) is 205 cm³/mol. The fourth-order valence-electron chi connectivity index (χ4n) is 8.78. The number of amides is 8. The number of nitrogens with zero attached hydrogens (tertiary/aromatic N) is 2. The lowest BCUT2D eigenvalue weighted by Crippen LogP contribution is -2.63. The molecule has 302 valence electrons. The molecule has 0 radical (unpaired) electrons. The zero-order chi connectivity index (χ0) is 40.0. The molecule has 2 aliphatic heterocycles. The Labute approximate surface area is 321 Å². The molecule has 5 N–H and O–H groups in total. The van der Waals surface area contributed by atoms with Gasteiger partial charge in [0.15, 0.2) is 0 Å². The number of carbonyl (C=O) groups excluding carboxylic acids is 7. The van der Waals surface area contributed by atoms with Gasteiger partial charge in [-0.1, -0.05) is 86.6 Å². The summed E-state index contributed by atoms with van der Waals surface area (Å²) in [4.78, 5) is 97.6. The van der Waals surface area contributed by atoms with E-state index in [1.54, 1.807) is 9.80 Å². The maximum Gasteiger partial charge on any atom is 0.323 e. The topological polar surface area (TPSA) is 186 Å². The summed E-state index contributed by atoms with van der Waals surface area (Å²) in [5.74, 6) is -2.54. The van der Waals surface area contributed by atoms with E-state index in [1.807, 2.05) is 34.6 Å². The molecule has 1 unspecified atom stereocenters. The smallest absolute Gasteiger partial charge is 0.323 e. The number of nitrogens with one attached hydrogen (secondary N) is 5. The minimum Gasteiger partial charge on any atom is -0.346 e.